The minimum Gasteiger partial charge on any atom is -0.409 e. The summed E-state index contributed by atoms with van der Waals surface area (Å²) < 4.78 is 5.96. The number of oxime groups is 1. The van der Waals surface area contributed by atoms with Crippen LogP contribution in [-0.2, 0) is 9.53 Å². The van der Waals surface area contributed by atoms with Crippen molar-refractivity contribution in [3.8, 4) is 0 Å². The van der Waals surface area contributed by atoms with Gasteiger partial charge in [-0.25, -0.2) is 0 Å². The van der Waals surface area contributed by atoms with Crippen molar-refractivity contribution in [3.05, 3.63) is 0 Å². The molecule has 0 aromatic carbocycles. The highest BCUT2D eigenvalue weighted by atomic mass is 16.5. The Hall–Kier alpha value is -1.30. The molecule has 1 saturated heterocycles. The number of amidine groups is 1. The summed E-state index contributed by atoms with van der Waals surface area (Å²) in [4.78, 5) is 14.4. The van der Waals surface area contributed by atoms with Gasteiger partial charge in [0.15, 0.2) is 5.84 Å². The van der Waals surface area contributed by atoms with Crippen molar-refractivity contribution < 1.29 is 14.7 Å². The quantitative estimate of drug-likeness (QED) is 0.338. The van der Waals surface area contributed by atoms with E-state index >= 15 is 0 Å². The van der Waals surface area contributed by atoms with Crippen LogP contribution in [0.25, 0.3) is 0 Å². The topological polar surface area (TPSA) is 88.2 Å². The highest BCUT2D eigenvalue weighted by Gasteiger charge is 2.57. The van der Waals surface area contributed by atoms with Gasteiger partial charge in [0.25, 0.3) is 0 Å². The molecule has 1 saturated carbocycles. The molecule has 0 aromatic rings. The maximum atomic E-state index is 12.7. The lowest BCUT2D eigenvalue weighted by Crippen LogP contribution is -2.60. The van der Waals surface area contributed by atoms with Crippen molar-refractivity contribution in [2.24, 2.45) is 16.3 Å². The zero-order chi connectivity index (χ0) is 14.5. The van der Waals surface area contributed by atoms with Crippen LogP contribution < -0.4 is 5.73 Å². The van der Waals surface area contributed by atoms with E-state index in [0.717, 1.165) is 0 Å². The van der Waals surface area contributed by atoms with Gasteiger partial charge in [-0.3, -0.25) is 4.79 Å². The highest BCUT2D eigenvalue weighted by Crippen LogP contribution is 2.48. The Kier molecular flexibility index (Phi) is 3.04. The van der Waals surface area contributed by atoms with Crippen LogP contribution in [0.1, 0.15) is 40.5 Å². The van der Waals surface area contributed by atoms with Crippen molar-refractivity contribution in [1.82, 2.24) is 4.90 Å². The number of morpholine rings is 1. The normalized spacial score (nSPS) is 28.0. The largest absolute Gasteiger partial charge is 0.409 e. The first-order valence-electron chi connectivity index (χ1n) is 6.59. The van der Waals surface area contributed by atoms with Crippen molar-refractivity contribution in [3.63, 3.8) is 0 Å². The summed E-state index contributed by atoms with van der Waals surface area (Å²) >= 11 is 0. The average Bonchev–Trinajstić information content (AvgIpc) is 3.04. The highest BCUT2D eigenvalue weighted by molar-refractivity contribution is 6.09. The molecule has 2 aliphatic rings. The Morgan fingerprint density at radius 3 is 2.05 bits per heavy atom. The van der Waals surface area contributed by atoms with Crippen LogP contribution in [0.4, 0.5) is 0 Å². The number of rotatable bonds is 2. The van der Waals surface area contributed by atoms with Crippen molar-refractivity contribution in [2.75, 3.05) is 13.1 Å². The van der Waals surface area contributed by atoms with Crippen molar-refractivity contribution in [2.45, 2.75) is 51.7 Å². The van der Waals surface area contributed by atoms with Gasteiger partial charge in [0.2, 0.25) is 5.91 Å². The SMILES string of the molecule is CC1(C)CN(C(=O)C2(C(N)=NO)CC2)CC(C)(C)O1. The Balaban J connectivity index is 2.20. The van der Waals surface area contributed by atoms with Crippen LogP contribution in [0.2, 0.25) is 0 Å². The molecule has 3 N–H and O–H groups in total. The Morgan fingerprint density at radius 2 is 1.68 bits per heavy atom. The van der Waals surface area contributed by atoms with Crippen LogP contribution in [0.3, 0.4) is 0 Å². The Labute approximate surface area is 113 Å². The van der Waals surface area contributed by atoms with E-state index in [-0.39, 0.29) is 11.7 Å². The molecule has 6 heteroatoms. The van der Waals surface area contributed by atoms with E-state index in [1.807, 2.05) is 27.7 Å². The molecule has 0 radical (unpaired) electrons. The number of carbonyl (C=O) groups excluding carboxylic acids is 1. The first kappa shape index (κ1) is 14.1. The van der Waals surface area contributed by atoms with Gasteiger partial charge in [-0.2, -0.15) is 0 Å². The summed E-state index contributed by atoms with van der Waals surface area (Å²) in [5.74, 6) is -0.0214. The van der Waals surface area contributed by atoms with Crippen LogP contribution in [0, 0.1) is 5.41 Å². The minimum absolute atomic E-state index is 0.0274. The number of carbonyl (C=O) groups is 1. The summed E-state index contributed by atoms with van der Waals surface area (Å²) in [6, 6.07) is 0. The monoisotopic (exact) mass is 269 g/mol. The van der Waals surface area contributed by atoms with Gasteiger partial charge in [0.1, 0.15) is 5.41 Å². The lowest BCUT2D eigenvalue weighted by atomic mass is 9.95. The molecule has 1 heterocycles. The molecule has 1 aliphatic heterocycles. The van der Waals surface area contributed by atoms with Gasteiger partial charge in [-0.15, -0.1) is 0 Å². The number of nitrogens with zero attached hydrogens (tertiary/aromatic N) is 2. The van der Waals surface area contributed by atoms with Gasteiger partial charge in [-0.1, -0.05) is 5.16 Å². The van der Waals surface area contributed by atoms with Gasteiger partial charge >= 0.3 is 0 Å². The van der Waals surface area contributed by atoms with Gasteiger partial charge in [0, 0.05) is 13.1 Å². The van der Waals surface area contributed by atoms with Crippen LogP contribution in [0.5, 0.6) is 0 Å². The van der Waals surface area contributed by atoms with E-state index in [9.17, 15) is 4.79 Å². The first-order chi connectivity index (χ1) is 8.62. The first-order valence-corrected chi connectivity index (χ1v) is 6.59. The Morgan fingerprint density at radius 1 is 1.21 bits per heavy atom. The molecular weight excluding hydrogens is 246 g/mol. The molecule has 0 spiro atoms. The molecule has 2 rings (SSSR count). The van der Waals surface area contributed by atoms with E-state index in [0.29, 0.717) is 25.9 Å². The zero-order valence-corrected chi connectivity index (χ0v) is 12.1. The van der Waals surface area contributed by atoms with E-state index in [2.05, 4.69) is 5.16 Å². The summed E-state index contributed by atoms with van der Waals surface area (Å²) in [6.07, 6.45) is 1.31. The second-order valence-corrected chi connectivity index (χ2v) is 6.85. The van der Waals surface area contributed by atoms with Crippen molar-refractivity contribution in [1.29, 1.82) is 0 Å². The minimum atomic E-state index is -0.780. The third-order valence-corrected chi connectivity index (χ3v) is 3.74. The van der Waals surface area contributed by atoms with Gasteiger partial charge in [0.05, 0.1) is 11.2 Å². The summed E-state index contributed by atoms with van der Waals surface area (Å²) in [5, 5.41) is 11.9. The number of amides is 1. The number of hydrogen-bond acceptors (Lipinski definition) is 4. The fourth-order valence-corrected chi connectivity index (χ4v) is 3.03. The van der Waals surface area contributed by atoms with E-state index in [1.165, 1.54) is 0 Å². The average molecular weight is 269 g/mol. The van der Waals surface area contributed by atoms with E-state index in [1.54, 1.807) is 4.90 Å². The predicted octanol–water partition coefficient (Wildman–Crippen LogP) is 0.929. The van der Waals surface area contributed by atoms with Gasteiger partial charge < -0.3 is 20.6 Å². The van der Waals surface area contributed by atoms with Crippen LogP contribution in [-0.4, -0.2) is 46.1 Å². The zero-order valence-electron chi connectivity index (χ0n) is 12.1. The third kappa shape index (κ3) is 2.54. The maximum Gasteiger partial charge on any atom is 0.236 e. The summed E-state index contributed by atoms with van der Waals surface area (Å²) in [7, 11) is 0. The van der Waals surface area contributed by atoms with Crippen molar-refractivity contribution >= 4 is 11.7 Å². The molecule has 6 nitrogen and oxygen atoms in total. The molecule has 1 amide bonds. The molecule has 1 aliphatic carbocycles. The smallest absolute Gasteiger partial charge is 0.236 e. The molecule has 0 atom stereocenters. The molecule has 0 bridgehead atoms. The fourth-order valence-electron chi connectivity index (χ4n) is 3.03. The lowest BCUT2D eigenvalue weighted by molar-refractivity contribution is -0.189. The van der Waals surface area contributed by atoms with Crippen LogP contribution >= 0.6 is 0 Å². The second-order valence-electron chi connectivity index (χ2n) is 6.85. The number of ether oxygens (including phenoxy) is 1. The molecule has 19 heavy (non-hydrogen) atoms. The van der Waals surface area contributed by atoms with E-state index < -0.39 is 16.6 Å². The molecule has 0 aromatic heterocycles. The number of nitrogens with two attached hydrogens (primary N) is 1. The molecule has 2 fully saturated rings. The molecule has 108 valence electrons. The second kappa shape index (κ2) is 4.10. The third-order valence-electron chi connectivity index (χ3n) is 3.74. The summed E-state index contributed by atoms with van der Waals surface area (Å²) in [5.41, 5.74) is 4.12. The maximum absolute atomic E-state index is 12.7. The molecule has 0 unspecified atom stereocenters. The van der Waals surface area contributed by atoms with Crippen LogP contribution in [0.15, 0.2) is 5.16 Å². The lowest BCUT2D eigenvalue weighted by Gasteiger charge is -2.47. The Bertz CT molecular complexity index is 409. The predicted molar refractivity (Wildman–Crippen MR) is 70.9 cm³/mol. The van der Waals surface area contributed by atoms with Gasteiger partial charge in [-0.05, 0) is 40.5 Å². The van der Waals surface area contributed by atoms with E-state index in [4.69, 9.17) is 15.7 Å². The standard InChI is InChI=1S/C13H23N3O3/c1-11(2)7-16(8-12(3,4)19-11)10(17)13(5-6-13)9(14)15-18/h18H,5-8H2,1-4H3,(H2,14,15). The fraction of sp³-hybridized carbons (Fsp3) is 0.846. The molecular formula is C13H23N3O3. The summed E-state index contributed by atoms with van der Waals surface area (Å²) in [6.45, 7) is 8.93. The number of hydrogen-bond donors (Lipinski definition) is 2.